The van der Waals surface area contributed by atoms with Crippen LogP contribution in [0.1, 0.15) is 5.56 Å². The van der Waals surface area contributed by atoms with Crippen molar-refractivity contribution in [3.8, 4) is 5.75 Å². The van der Waals surface area contributed by atoms with Crippen LogP contribution in [0, 0.1) is 5.82 Å². The molecule has 0 aliphatic carbocycles. The third-order valence-electron chi connectivity index (χ3n) is 1.57. The van der Waals surface area contributed by atoms with Crippen molar-refractivity contribution in [3.05, 3.63) is 29.6 Å². The molecule has 0 aliphatic heterocycles. The first kappa shape index (κ1) is 8.71. The van der Waals surface area contributed by atoms with Gasteiger partial charge in [-0.05, 0) is 11.6 Å². The first-order chi connectivity index (χ1) is 5.79. The molecule has 0 aliphatic rings. The molecule has 64 valence electrons. The van der Waals surface area contributed by atoms with Gasteiger partial charge in [0.1, 0.15) is 6.29 Å². The second-order valence-corrected chi connectivity index (χ2v) is 2.30. The molecule has 0 saturated heterocycles. The van der Waals surface area contributed by atoms with E-state index in [1.807, 2.05) is 0 Å². The fraction of sp³-hybridized carbons (Fsp3) is 0.222. The van der Waals surface area contributed by atoms with Gasteiger partial charge in [-0.3, -0.25) is 0 Å². The Kier molecular flexibility index (Phi) is 2.80. The Morgan fingerprint density at radius 3 is 2.92 bits per heavy atom. The van der Waals surface area contributed by atoms with Gasteiger partial charge in [0.05, 0.1) is 7.11 Å². The fourth-order valence-corrected chi connectivity index (χ4v) is 0.961. The molecule has 0 N–H and O–H groups in total. The number of hydrogen-bond donors (Lipinski definition) is 0. The van der Waals surface area contributed by atoms with Crippen LogP contribution in [0.5, 0.6) is 5.75 Å². The van der Waals surface area contributed by atoms with Gasteiger partial charge in [0.25, 0.3) is 0 Å². The second-order valence-electron chi connectivity index (χ2n) is 2.30. The minimum atomic E-state index is -0.452. The van der Waals surface area contributed by atoms with Crippen molar-refractivity contribution < 1.29 is 13.9 Å². The van der Waals surface area contributed by atoms with Gasteiger partial charge in [-0.2, -0.15) is 0 Å². The average Bonchev–Trinajstić information content (AvgIpc) is 2.09. The number of methoxy groups -OCH3 is 1. The van der Waals surface area contributed by atoms with Crippen molar-refractivity contribution in [1.29, 1.82) is 0 Å². The number of carbonyl (C=O) groups excluding carboxylic acids is 1. The Hall–Kier alpha value is -1.38. The Morgan fingerprint density at radius 2 is 2.33 bits per heavy atom. The molecule has 0 atom stereocenters. The number of benzene rings is 1. The van der Waals surface area contributed by atoms with Crippen LogP contribution in [0.25, 0.3) is 0 Å². The maximum absolute atomic E-state index is 13.2. The number of rotatable bonds is 3. The van der Waals surface area contributed by atoms with Crippen LogP contribution in [-0.4, -0.2) is 13.4 Å². The minimum Gasteiger partial charge on any atom is -0.494 e. The molecule has 0 radical (unpaired) electrons. The Balaban J connectivity index is 3.04. The number of halogens is 1. The molecule has 0 bridgehead atoms. The van der Waals surface area contributed by atoms with Crippen molar-refractivity contribution >= 4 is 6.29 Å². The second kappa shape index (κ2) is 3.85. The molecule has 0 saturated carbocycles. The highest BCUT2D eigenvalue weighted by Crippen LogP contribution is 2.19. The molecular formula is C9H9FO2. The van der Waals surface area contributed by atoms with E-state index in [1.54, 1.807) is 12.1 Å². The molecule has 0 spiro atoms. The van der Waals surface area contributed by atoms with Crippen molar-refractivity contribution in [2.24, 2.45) is 0 Å². The van der Waals surface area contributed by atoms with E-state index in [2.05, 4.69) is 0 Å². The van der Waals surface area contributed by atoms with Gasteiger partial charge in [-0.15, -0.1) is 0 Å². The zero-order valence-corrected chi connectivity index (χ0v) is 6.71. The van der Waals surface area contributed by atoms with Gasteiger partial charge >= 0.3 is 0 Å². The van der Waals surface area contributed by atoms with E-state index in [1.165, 1.54) is 13.2 Å². The lowest BCUT2D eigenvalue weighted by Gasteiger charge is -2.03. The molecule has 1 aromatic carbocycles. The molecule has 0 aromatic heterocycles. The summed E-state index contributed by atoms with van der Waals surface area (Å²) in [6, 6.07) is 4.73. The van der Waals surface area contributed by atoms with E-state index in [0.29, 0.717) is 11.8 Å². The maximum Gasteiger partial charge on any atom is 0.168 e. The van der Waals surface area contributed by atoms with Crippen molar-refractivity contribution in [2.45, 2.75) is 6.42 Å². The summed E-state index contributed by atoms with van der Waals surface area (Å²) >= 11 is 0. The van der Waals surface area contributed by atoms with Crippen LogP contribution in [0.3, 0.4) is 0 Å². The normalized spacial score (nSPS) is 9.50. The van der Waals surface area contributed by atoms with Crippen molar-refractivity contribution in [3.63, 3.8) is 0 Å². The van der Waals surface area contributed by atoms with Crippen LogP contribution in [0.15, 0.2) is 18.2 Å². The number of ether oxygens (including phenoxy) is 1. The highest BCUT2D eigenvalue weighted by Gasteiger charge is 2.06. The van der Waals surface area contributed by atoms with E-state index in [9.17, 15) is 9.18 Å². The fourth-order valence-electron chi connectivity index (χ4n) is 0.961. The molecule has 0 unspecified atom stereocenters. The third-order valence-corrected chi connectivity index (χ3v) is 1.57. The summed E-state index contributed by atoms with van der Waals surface area (Å²) in [5.41, 5.74) is 0.365. The molecule has 12 heavy (non-hydrogen) atoms. The van der Waals surface area contributed by atoms with Crippen LogP contribution in [-0.2, 0) is 11.2 Å². The van der Waals surface area contributed by atoms with Crippen LogP contribution >= 0.6 is 0 Å². The molecular weight excluding hydrogens is 159 g/mol. The lowest BCUT2D eigenvalue weighted by molar-refractivity contribution is -0.107. The van der Waals surface area contributed by atoms with Crippen LogP contribution in [0.2, 0.25) is 0 Å². The summed E-state index contributed by atoms with van der Waals surface area (Å²) in [7, 11) is 1.39. The topological polar surface area (TPSA) is 26.3 Å². The number of carbonyl (C=O) groups is 1. The SMILES string of the molecule is COc1cccc(CC=O)c1F. The lowest BCUT2D eigenvalue weighted by Crippen LogP contribution is -1.95. The highest BCUT2D eigenvalue weighted by molar-refractivity contribution is 5.55. The molecule has 1 aromatic rings. The maximum atomic E-state index is 13.2. The zero-order chi connectivity index (χ0) is 8.97. The summed E-state index contributed by atoms with van der Waals surface area (Å²) in [6.45, 7) is 0. The summed E-state index contributed by atoms with van der Waals surface area (Å²) < 4.78 is 17.9. The first-order valence-corrected chi connectivity index (χ1v) is 3.54. The van der Waals surface area contributed by atoms with Gasteiger partial charge in [-0.25, -0.2) is 4.39 Å². The zero-order valence-electron chi connectivity index (χ0n) is 6.71. The summed E-state index contributed by atoms with van der Waals surface area (Å²) in [5, 5.41) is 0. The summed E-state index contributed by atoms with van der Waals surface area (Å²) in [4.78, 5) is 10.1. The van der Waals surface area contributed by atoms with Gasteiger partial charge in [-0.1, -0.05) is 12.1 Å². The standard InChI is InChI=1S/C9H9FO2/c1-12-8-4-2-3-7(5-6-11)9(8)10/h2-4,6H,5H2,1H3. The predicted molar refractivity (Wildman–Crippen MR) is 42.7 cm³/mol. The van der Waals surface area contributed by atoms with E-state index in [-0.39, 0.29) is 12.2 Å². The quantitative estimate of drug-likeness (QED) is 0.640. The average molecular weight is 168 g/mol. The van der Waals surface area contributed by atoms with Crippen molar-refractivity contribution in [1.82, 2.24) is 0 Å². The van der Waals surface area contributed by atoms with Crippen molar-refractivity contribution in [2.75, 3.05) is 7.11 Å². The monoisotopic (exact) mass is 168 g/mol. The molecule has 2 nitrogen and oxygen atoms in total. The lowest BCUT2D eigenvalue weighted by atomic mass is 10.1. The van der Waals surface area contributed by atoms with E-state index in [4.69, 9.17) is 4.74 Å². The molecule has 0 amide bonds. The minimum absolute atomic E-state index is 0.0863. The van der Waals surface area contributed by atoms with Crippen LogP contribution < -0.4 is 4.74 Å². The Morgan fingerprint density at radius 1 is 1.58 bits per heavy atom. The number of aldehydes is 1. The summed E-state index contributed by atoms with van der Waals surface area (Å²) in [6.07, 6.45) is 0.751. The van der Waals surface area contributed by atoms with E-state index in [0.717, 1.165) is 0 Å². The molecule has 1 rings (SSSR count). The van der Waals surface area contributed by atoms with E-state index >= 15 is 0 Å². The Labute approximate surface area is 70.0 Å². The largest absolute Gasteiger partial charge is 0.494 e. The van der Waals surface area contributed by atoms with E-state index < -0.39 is 5.82 Å². The first-order valence-electron chi connectivity index (χ1n) is 3.54. The highest BCUT2D eigenvalue weighted by atomic mass is 19.1. The third kappa shape index (κ3) is 1.61. The number of hydrogen-bond acceptors (Lipinski definition) is 2. The predicted octanol–water partition coefficient (Wildman–Crippen LogP) is 1.58. The van der Waals surface area contributed by atoms with Gasteiger partial charge < -0.3 is 9.53 Å². The van der Waals surface area contributed by atoms with Gasteiger partial charge in [0.15, 0.2) is 11.6 Å². The van der Waals surface area contributed by atoms with Gasteiger partial charge in [0, 0.05) is 6.42 Å². The molecule has 3 heteroatoms. The Bertz CT molecular complexity index is 284. The molecule has 0 heterocycles. The van der Waals surface area contributed by atoms with Gasteiger partial charge in [0.2, 0.25) is 0 Å². The summed E-state index contributed by atoms with van der Waals surface area (Å²) in [5.74, 6) is -0.276. The molecule has 0 fully saturated rings. The van der Waals surface area contributed by atoms with Crippen LogP contribution in [0.4, 0.5) is 4.39 Å². The smallest absolute Gasteiger partial charge is 0.168 e.